The highest BCUT2D eigenvalue weighted by Crippen LogP contribution is 2.20. The van der Waals surface area contributed by atoms with Gasteiger partial charge in [0, 0.05) is 5.75 Å². The average molecular weight is 234 g/mol. The van der Waals surface area contributed by atoms with Crippen molar-refractivity contribution < 1.29 is 4.92 Å². The van der Waals surface area contributed by atoms with Crippen molar-refractivity contribution in [2.24, 2.45) is 0 Å². The molecule has 0 fully saturated rings. The van der Waals surface area contributed by atoms with Crippen LogP contribution in [0, 0.1) is 10.1 Å². The summed E-state index contributed by atoms with van der Waals surface area (Å²) in [5.74, 6) is 0.308. The van der Waals surface area contributed by atoms with Gasteiger partial charge in [0.2, 0.25) is 0 Å². The maximum atomic E-state index is 10.4. The molecule has 1 aromatic heterocycles. The molecule has 0 atom stereocenters. The van der Waals surface area contributed by atoms with Gasteiger partial charge in [0.15, 0.2) is 5.02 Å². The molecule has 0 saturated heterocycles. The third kappa shape index (κ3) is 2.74. The largest absolute Gasteiger partial charge is 0.408 e. The number of thiol groups is 1. The Morgan fingerprint density at radius 1 is 1.71 bits per heavy atom. The third-order valence-corrected chi connectivity index (χ3v) is 1.91. The van der Waals surface area contributed by atoms with E-state index in [9.17, 15) is 10.1 Å². The molecule has 0 radical (unpaired) electrons. The third-order valence-electron chi connectivity index (χ3n) is 1.44. The lowest BCUT2D eigenvalue weighted by Crippen LogP contribution is -1.97. The summed E-state index contributed by atoms with van der Waals surface area (Å²) in [7, 11) is 0. The SMILES string of the molecule is O=[N+]([O-])c1nn(CC=CCS)cc1Cl. The Labute approximate surface area is 90.9 Å². The van der Waals surface area contributed by atoms with E-state index >= 15 is 0 Å². The smallest absolute Gasteiger partial charge is 0.358 e. The number of hydrogen-bond acceptors (Lipinski definition) is 4. The van der Waals surface area contributed by atoms with Crippen LogP contribution in [0.4, 0.5) is 5.82 Å². The zero-order chi connectivity index (χ0) is 10.6. The number of aromatic nitrogens is 2. The highest BCUT2D eigenvalue weighted by molar-refractivity contribution is 7.80. The number of nitrogens with zero attached hydrogens (tertiary/aromatic N) is 3. The van der Waals surface area contributed by atoms with Gasteiger partial charge in [0.1, 0.15) is 0 Å². The van der Waals surface area contributed by atoms with Crippen molar-refractivity contribution in [2.75, 3.05) is 5.75 Å². The minimum absolute atomic E-state index is 0.0503. The van der Waals surface area contributed by atoms with E-state index < -0.39 is 4.92 Å². The zero-order valence-corrected chi connectivity index (χ0v) is 8.78. The molecule has 76 valence electrons. The van der Waals surface area contributed by atoms with Crippen LogP contribution in [-0.4, -0.2) is 20.5 Å². The van der Waals surface area contributed by atoms with Gasteiger partial charge in [-0.2, -0.15) is 17.3 Å². The zero-order valence-electron chi connectivity index (χ0n) is 7.13. The van der Waals surface area contributed by atoms with Crippen molar-refractivity contribution in [1.82, 2.24) is 9.78 Å². The van der Waals surface area contributed by atoms with Gasteiger partial charge < -0.3 is 10.1 Å². The van der Waals surface area contributed by atoms with Gasteiger partial charge in [-0.15, -0.1) is 0 Å². The molecule has 0 aliphatic carbocycles. The van der Waals surface area contributed by atoms with Crippen LogP contribution in [-0.2, 0) is 6.54 Å². The van der Waals surface area contributed by atoms with Crippen LogP contribution in [0.5, 0.6) is 0 Å². The Balaban J connectivity index is 2.76. The van der Waals surface area contributed by atoms with E-state index in [1.165, 1.54) is 10.9 Å². The summed E-state index contributed by atoms with van der Waals surface area (Å²) in [6, 6.07) is 0. The van der Waals surface area contributed by atoms with E-state index in [0.29, 0.717) is 12.3 Å². The first kappa shape index (κ1) is 11.1. The predicted octanol–water partition coefficient (Wildman–Crippen LogP) is 1.93. The molecule has 0 N–H and O–H groups in total. The summed E-state index contributed by atoms with van der Waals surface area (Å²) in [4.78, 5) is 9.77. The highest BCUT2D eigenvalue weighted by Gasteiger charge is 2.17. The van der Waals surface area contributed by atoms with E-state index in [1.54, 1.807) is 6.08 Å². The molecule has 0 spiro atoms. The van der Waals surface area contributed by atoms with Gasteiger partial charge in [-0.25, -0.2) is 0 Å². The minimum Gasteiger partial charge on any atom is -0.358 e. The van der Waals surface area contributed by atoms with E-state index in [2.05, 4.69) is 17.7 Å². The second-order valence-electron chi connectivity index (χ2n) is 2.43. The standard InChI is InChI=1S/C7H8ClN3O2S/c8-6-5-10(3-1-2-4-14)9-7(6)11(12)13/h1-2,5,14H,3-4H2. The highest BCUT2D eigenvalue weighted by atomic mass is 35.5. The topological polar surface area (TPSA) is 61.0 Å². The number of allylic oxidation sites excluding steroid dienone is 1. The molecule has 0 saturated carbocycles. The van der Waals surface area contributed by atoms with Gasteiger partial charge in [-0.05, 0) is 4.92 Å². The summed E-state index contributed by atoms with van der Waals surface area (Å²) in [6.07, 6.45) is 5.05. The molecule has 5 nitrogen and oxygen atoms in total. The van der Waals surface area contributed by atoms with Crippen LogP contribution in [0.15, 0.2) is 18.3 Å². The Morgan fingerprint density at radius 2 is 2.43 bits per heavy atom. The first-order chi connectivity index (χ1) is 6.65. The fourth-order valence-electron chi connectivity index (χ4n) is 0.861. The maximum Gasteiger partial charge on any atom is 0.408 e. The van der Waals surface area contributed by atoms with E-state index in [0.717, 1.165) is 0 Å². The summed E-state index contributed by atoms with van der Waals surface area (Å²) in [6.45, 7) is 0.452. The first-order valence-electron chi connectivity index (χ1n) is 3.78. The molecule has 0 aliphatic heterocycles. The second kappa shape index (κ2) is 5.02. The Kier molecular flexibility index (Phi) is 3.97. The van der Waals surface area contributed by atoms with Crippen molar-refractivity contribution in [3.8, 4) is 0 Å². The van der Waals surface area contributed by atoms with Crippen molar-refractivity contribution in [1.29, 1.82) is 0 Å². The van der Waals surface area contributed by atoms with E-state index in [1.807, 2.05) is 6.08 Å². The van der Waals surface area contributed by atoms with E-state index in [4.69, 9.17) is 11.6 Å². The van der Waals surface area contributed by atoms with Crippen LogP contribution in [0.1, 0.15) is 0 Å². The van der Waals surface area contributed by atoms with Crippen LogP contribution in [0.2, 0.25) is 5.02 Å². The number of rotatable bonds is 4. The maximum absolute atomic E-state index is 10.4. The summed E-state index contributed by atoms with van der Waals surface area (Å²) >= 11 is 9.56. The normalized spacial score (nSPS) is 11.0. The van der Waals surface area contributed by atoms with E-state index in [-0.39, 0.29) is 10.8 Å². The fraction of sp³-hybridized carbons (Fsp3) is 0.286. The first-order valence-corrected chi connectivity index (χ1v) is 4.79. The molecule has 1 aromatic rings. The van der Waals surface area contributed by atoms with Crippen LogP contribution in [0.25, 0.3) is 0 Å². The van der Waals surface area contributed by atoms with Crippen molar-refractivity contribution in [3.63, 3.8) is 0 Å². The Hall–Kier alpha value is -1.01. The number of halogens is 1. The Morgan fingerprint density at radius 3 is 2.93 bits per heavy atom. The Bertz CT molecular complexity index is 364. The lowest BCUT2D eigenvalue weighted by atomic mass is 10.5. The molecule has 0 bridgehead atoms. The molecular formula is C7H8ClN3O2S. The van der Waals surface area contributed by atoms with Gasteiger partial charge in [0.25, 0.3) is 0 Å². The molecule has 7 heteroatoms. The molecule has 0 amide bonds. The second-order valence-corrected chi connectivity index (χ2v) is 3.21. The quantitative estimate of drug-likeness (QED) is 0.374. The summed E-state index contributed by atoms with van der Waals surface area (Å²) in [5, 5.41) is 14.1. The summed E-state index contributed by atoms with van der Waals surface area (Å²) in [5.41, 5.74) is 0. The van der Waals surface area contributed by atoms with Gasteiger partial charge in [-0.3, -0.25) is 0 Å². The van der Waals surface area contributed by atoms with Crippen LogP contribution < -0.4 is 0 Å². The molecule has 0 unspecified atom stereocenters. The number of hydrogen-bond donors (Lipinski definition) is 1. The number of nitro groups is 1. The lowest BCUT2D eigenvalue weighted by Gasteiger charge is -1.87. The molecular weight excluding hydrogens is 226 g/mol. The predicted molar refractivity (Wildman–Crippen MR) is 56.9 cm³/mol. The minimum atomic E-state index is -0.610. The van der Waals surface area contributed by atoms with Crippen molar-refractivity contribution in [2.45, 2.75) is 6.54 Å². The molecule has 0 aromatic carbocycles. The van der Waals surface area contributed by atoms with Crippen molar-refractivity contribution in [3.05, 3.63) is 33.5 Å². The van der Waals surface area contributed by atoms with Gasteiger partial charge in [0.05, 0.1) is 17.8 Å². The molecule has 14 heavy (non-hydrogen) atoms. The monoisotopic (exact) mass is 233 g/mol. The average Bonchev–Trinajstić information content (AvgIpc) is 2.47. The molecule has 0 aliphatic rings. The van der Waals surface area contributed by atoms with Crippen molar-refractivity contribution >= 4 is 30.0 Å². The lowest BCUT2D eigenvalue weighted by molar-refractivity contribution is -0.389. The summed E-state index contributed by atoms with van der Waals surface area (Å²) < 4.78 is 1.40. The van der Waals surface area contributed by atoms with Crippen LogP contribution >= 0.6 is 24.2 Å². The van der Waals surface area contributed by atoms with Gasteiger partial charge in [-0.1, -0.05) is 23.8 Å². The van der Waals surface area contributed by atoms with Gasteiger partial charge >= 0.3 is 5.82 Å². The molecule has 1 rings (SSSR count). The van der Waals surface area contributed by atoms with Crippen LogP contribution in [0.3, 0.4) is 0 Å². The molecule has 1 heterocycles. The fourth-order valence-corrected chi connectivity index (χ4v) is 1.23.